The Balaban J connectivity index is 2.58. The predicted molar refractivity (Wildman–Crippen MR) is 91.2 cm³/mol. The number of thiocarbonyl (C=S) groups is 1. The van der Waals surface area contributed by atoms with Crippen molar-refractivity contribution in [3.63, 3.8) is 0 Å². The third kappa shape index (κ3) is 2.80. The van der Waals surface area contributed by atoms with Crippen molar-refractivity contribution in [2.24, 2.45) is 5.92 Å². The quantitative estimate of drug-likeness (QED) is 0.853. The number of benzene rings is 2. The van der Waals surface area contributed by atoms with Crippen LogP contribution in [0.3, 0.4) is 0 Å². The van der Waals surface area contributed by atoms with E-state index in [4.69, 9.17) is 12.2 Å². The third-order valence-corrected chi connectivity index (χ3v) is 5.22. The van der Waals surface area contributed by atoms with Crippen LogP contribution < -0.4 is 0 Å². The second-order valence-corrected chi connectivity index (χ2v) is 6.29. The molecule has 2 aromatic rings. The van der Waals surface area contributed by atoms with Crippen molar-refractivity contribution in [1.82, 2.24) is 0 Å². The van der Waals surface area contributed by atoms with Gasteiger partial charge in [0.2, 0.25) is 0 Å². The maximum Gasteiger partial charge on any atom is 0.122 e. The maximum atomic E-state index is 11.4. The van der Waals surface area contributed by atoms with Crippen LogP contribution in [-0.2, 0) is 5.60 Å². The Labute approximate surface area is 130 Å². The number of hydrogen-bond donors (Lipinski definition) is 1. The molecule has 0 aliphatic rings. The molecular weight excluding hydrogens is 284 g/mol. The fourth-order valence-electron chi connectivity index (χ4n) is 2.40. The Morgan fingerprint density at radius 1 is 1.00 bits per heavy atom. The van der Waals surface area contributed by atoms with Gasteiger partial charge in [0, 0.05) is 5.92 Å². The van der Waals surface area contributed by atoms with E-state index in [9.17, 15) is 5.11 Å². The molecule has 0 aliphatic heterocycles. The lowest BCUT2D eigenvalue weighted by Crippen LogP contribution is -2.37. The van der Waals surface area contributed by atoms with Gasteiger partial charge in [-0.25, -0.2) is 0 Å². The Hall–Kier alpha value is -1.16. The largest absolute Gasteiger partial charge is 0.380 e. The summed E-state index contributed by atoms with van der Waals surface area (Å²) in [6.45, 7) is 1.98. The summed E-state index contributed by atoms with van der Waals surface area (Å²) >= 11 is 6.95. The van der Waals surface area contributed by atoms with Gasteiger partial charge in [0.15, 0.2) is 0 Å². The van der Waals surface area contributed by atoms with E-state index in [-0.39, 0.29) is 5.92 Å². The van der Waals surface area contributed by atoms with Crippen LogP contribution in [0.1, 0.15) is 18.1 Å². The van der Waals surface area contributed by atoms with E-state index in [1.54, 1.807) is 0 Å². The average molecular weight is 302 g/mol. The lowest BCUT2D eigenvalue weighted by atomic mass is 9.77. The number of rotatable bonds is 4. The van der Waals surface area contributed by atoms with Crippen LogP contribution in [0.15, 0.2) is 60.7 Å². The molecule has 1 N–H and O–H groups in total. The molecule has 0 aliphatic carbocycles. The van der Waals surface area contributed by atoms with Crippen molar-refractivity contribution in [2.45, 2.75) is 12.5 Å². The molecule has 20 heavy (non-hydrogen) atoms. The van der Waals surface area contributed by atoms with Gasteiger partial charge in [-0.1, -0.05) is 79.8 Å². The first kappa shape index (κ1) is 15.2. The summed E-state index contributed by atoms with van der Waals surface area (Å²) in [6, 6.07) is 19.5. The second kappa shape index (κ2) is 6.53. The normalized spacial score (nSPS) is 12.9. The summed E-state index contributed by atoms with van der Waals surface area (Å²) in [5.41, 5.74) is 0.646. The summed E-state index contributed by atoms with van der Waals surface area (Å²) < 4.78 is 0.806. The van der Waals surface area contributed by atoms with Crippen molar-refractivity contribution in [1.29, 1.82) is 0 Å². The van der Waals surface area contributed by atoms with Gasteiger partial charge in [-0.2, -0.15) is 0 Å². The zero-order valence-corrected chi connectivity index (χ0v) is 13.2. The van der Waals surface area contributed by atoms with E-state index in [0.29, 0.717) is 0 Å². The van der Waals surface area contributed by atoms with E-state index >= 15 is 0 Å². The molecule has 2 rings (SSSR count). The molecule has 0 radical (unpaired) electrons. The highest BCUT2D eigenvalue weighted by atomic mass is 32.2. The van der Waals surface area contributed by atoms with Crippen molar-refractivity contribution >= 4 is 28.2 Å². The van der Waals surface area contributed by atoms with Gasteiger partial charge in [-0.15, -0.1) is 11.8 Å². The van der Waals surface area contributed by atoms with Gasteiger partial charge in [0.05, 0.1) is 4.20 Å². The van der Waals surface area contributed by atoms with Gasteiger partial charge in [-0.3, -0.25) is 0 Å². The molecule has 0 fully saturated rings. The monoisotopic (exact) mass is 302 g/mol. The first-order chi connectivity index (χ1) is 9.60. The number of thioether (sulfide) groups is 1. The second-order valence-electron chi connectivity index (χ2n) is 4.74. The molecule has 0 aromatic heterocycles. The van der Waals surface area contributed by atoms with Gasteiger partial charge < -0.3 is 5.11 Å². The minimum atomic E-state index is -1.09. The smallest absolute Gasteiger partial charge is 0.122 e. The highest BCUT2D eigenvalue weighted by Crippen LogP contribution is 2.39. The molecule has 0 bridgehead atoms. The van der Waals surface area contributed by atoms with Crippen LogP contribution in [0, 0.1) is 5.92 Å². The standard InChI is InChI=1S/C17H18OS2/c1-13(16(19)20-2)17(18,14-9-5-3-6-10-14)15-11-7-4-8-12-15/h3-13,18H,1-2H3/t13-/m0/s1. The highest BCUT2D eigenvalue weighted by molar-refractivity contribution is 8.22. The molecule has 3 heteroatoms. The lowest BCUT2D eigenvalue weighted by Gasteiger charge is -2.35. The first-order valence-corrected chi connectivity index (χ1v) is 8.15. The van der Waals surface area contributed by atoms with Gasteiger partial charge in [0.1, 0.15) is 5.60 Å². The molecule has 0 saturated heterocycles. The first-order valence-electron chi connectivity index (χ1n) is 6.52. The van der Waals surface area contributed by atoms with E-state index in [0.717, 1.165) is 15.3 Å². The van der Waals surface area contributed by atoms with Crippen molar-refractivity contribution in [3.05, 3.63) is 71.8 Å². The van der Waals surface area contributed by atoms with E-state index in [2.05, 4.69) is 0 Å². The Bertz CT molecular complexity index is 527. The Morgan fingerprint density at radius 2 is 1.40 bits per heavy atom. The molecule has 0 unspecified atom stereocenters. The summed E-state index contributed by atoms with van der Waals surface area (Å²) in [4.78, 5) is 0. The molecule has 104 valence electrons. The van der Waals surface area contributed by atoms with Crippen LogP contribution in [0.25, 0.3) is 0 Å². The number of hydrogen-bond acceptors (Lipinski definition) is 3. The molecule has 1 nitrogen and oxygen atoms in total. The van der Waals surface area contributed by atoms with Crippen molar-refractivity contribution in [2.75, 3.05) is 6.26 Å². The molecule has 0 spiro atoms. The van der Waals surface area contributed by atoms with Crippen LogP contribution in [0.4, 0.5) is 0 Å². The predicted octanol–water partition coefficient (Wildman–Crippen LogP) is 4.25. The zero-order valence-electron chi connectivity index (χ0n) is 11.6. The van der Waals surface area contributed by atoms with Crippen molar-refractivity contribution in [3.8, 4) is 0 Å². The fourth-order valence-corrected chi connectivity index (χ4v) is 3.09. The van der Waals surface area contributed by atoms with E-state index in [1.165, 1.54) is 11.8 Å². The minimum absolute atomic E-state index is 0.155. The molecule has 1 atom stereocenters. The van der Waals surface area contributed by atoms with Crippen molar-refractivity contribution < 1.29 is 5.11 Å². The van der Waals surface area contributed by atoms with Crippen LogP contribution in [-0.4, -0.2) is 15.6 Å². The summed E-state index contributed by atoms with van der Waals surface area (Å²) in [6.07, 6.45) is 1.95. The topological polar surface area (TPSA) is 20.2 Å². The van der Waals surface area contributed by atoms with Crippen LogP contribution in [0.5, 0.6) is 0 Å². The van der Waals surface area contributed by atoms with Crippen LogP contribution >= 0.6 is 24.0 Å². The molecule has 0 amide bonds. The molecular formula is C17H18OS2. The fraction of sp³-hybridized carbons (Fsp3) is 0.235. The highest BCUT2D eigenvalue weighted by Gasteiger charge is 2.39. The summed E-state index contributed by atoms with van der Waals surface area (Å²) in [5, 5.41) is 11.4. The van der Waals surface area contributed by atoms with Gasteiger partial charge >= 0.3 is 0 Å². The van der Waals surface area contributed by atoms with E-state index in [1.807, 2.05) is 73.8 Å². The lowest BCUT2D eigenvalue weighted by molar-refractivity contribution is 0.0527. The molecule has 2 aromatic carbocycles. The maximum absolute atomic E-state index is 11.4. The minimum Gasteiger partial charge on any atom is -0.380 e. The summed E-state index contributed by atoms with van der Waals surface area (Å²) in [7, 11) is 0. The Morgan fingerprint density at radius 3 is 1.75 bits per heavy atom. The van der Waals surface area contributed by atoms with Gasteiger partial charge in [0.25, 0.3) is 0 Å². The van der Waals surface area contributed by atoms with Gasteiger partial charge in [-0.05, 0) is 17.4 Å². The molecule has 0 saturated carbocycles. The average Bonchev–Trinajstić information content (AvgIpc) is 2.54. The number of aliphatic hydroxyl groups is 1. The Kier molecular flexibility index (Phi) is 4.97. The molecule has 0 heterocycles. The summed E-state index contributed by atoms with van der Waals surface area (Å²) in [5.74, 6) is -0.155. The van der Waals surface area contributed by atoms with Crippen LogP contribution in [0.2, 0.25) is 0 Å². The third-order valence-electron chi connectivity index (χ3n) is 3.61. The SMILES string of the molecule is CSC(=S)[C@H](C)C(O)(c1ccccc1)c1ccccc1. The van der Waals surface area contributed by atoms with E-state index < -0.39 is 5.60 Å². The zero-order chi connectivity index (χ0) is 14.6.